The number of nitrogens with zero attached hydrogens (tertiary/aromatic N) is 2. The number of amides is 1. The number of benzene rings is 1. The molecule has 0 aliphatic heterocycles. The van der Waals surface area contributed by atoms with Crippen molar-refractivity contribution in [1.29, 1.82) is 0 Å². The summed E-state index contributed by atoms with van der Waals surface area (Å²) in [5.41, 5.74) is 7.88. The molecule has 20 heavy (non-hydrogen) atoms. The zero-order valence-corrected chi connectivity index (χ0v) is 11.9. The van der Waals surface area contributed by atoms with Crippen molar-refractivity contribution in [2.24, 2.45) is 5.73 Å². The van der Waals surface area contributed by atoms with Crippen LogP contribution in [0.15, 0.2) is 30.5 Å². The van der Waals surface area contributed by atoms with Crippen LogP contribution in [-0.4, -0.2) is 28.0 Å². The highest BCUT2D eigenvalue weighted by Gasteiger charge is 2.31. The number of likely N-dealkylation sites (N-methyl/N-ethyl adjacent to an activating group) is 1. The van der Waals surface area contributed by atoms with Gasteiger partial charge in [-0.25, -0.2) is 0 Å². The van der Waals surface area contributed by atoms with Crippen molar-refractivity contribution in [3.05, 3.63) is 36.0 Å². The molecule has 2 N–H and O–H groups in total. The maximum atomic E-state index is 12.4. The van der Waals surface area contributed by atoms with Crippen molar-refractivity contribution < 1.29 is 4.79 Å². The summed E-state index contributed by atoms with van der Waals surface area (Å²) in [6.07, 6.45) is 4.30. The van der Waals surface area contributed by atoms with Crippen LogP contribution in [0.2, 0.25) is 0 Å². The molecule has 0 unspecified atom stereocenters. The molecule has 0 radical (unpaired) electrons. The summed E-state index contributed by atoms with van der Waals surface area (Å²) in [7, 11) is 0. The van der Waals surface area contributed by atoms with Crippen molar-refractivity contribution in [3.63, 3.8) is 0 Å². The third-order valence-corrected chi connectivity index (χ3v) is 4.03. The molecule has 1 heterocycles. The fourth-order valence-corrected chi connectivity index (χ4v) is 2.76. The summed E-state index contributed by atoms with van der Waals surface area (Å²) < 4.78 is 2.03. The molecule has 0 spiro atoms. The lowest BCUT2D eigenvalue weighted by Crippen LogP contribution is -2.35. The highest BCUT2D eigenvalue weighted by Crippen LogP contribution is 2.27. The molecule has 1 amide bonds. The van der Waals surface area contributed by atoms with Crippen LogP contribution in [-0.2, 0) is 17.9 Å². The Morgan fingerprint density at radius 3 is 2.85 bits per heavy atom. The van der Waals surface area contributed by atoms with Crippen LogP contribution in [0.4, 0.5) is 0 Å². The van der Waals surface area contributed by atoms with E-state index in [1.54, 1.807) is 0 Å². The number of fused-ring (bicyclic) bond motifs is 1. The van der Waals surface area contributed by atoms with Gasteiger partial charge in [-0.15, -0.1) is 0 Å². The molecule has 2 aromatic rings. The Labute approximate surface area is 119 Å². The van der Waals surface area contributed by atoms with Crippen LogP contribution < -0.4 is 5.73 Å². The van der Waals surface area contributed by atoms with Crippen molar-refractivity contribution in [3.8, 4) is 0 Å². The molecule has 1 aromatic carbocycles. The van der Waals surface area contributed by atoms with Gasteiger partial charge in [-0.05, 0) is 42.8 Å². The Morgan fingerprint density at radius 1 is 1.40 bits per heavy atom. The molecule has 4 nitrogen and oxygen atoms in total. The average molecular weight is 271 g/mol. The summed E-state index contributed by atoms with van der Waals surface area (Å²) in [6, 6.07) is 8.72. The largest absolute Gasteiger partial charge is 0.338 e. The molecule has 0 atom stereocenters. The van der Waals surface area contributed by atoms with Gasteiger partial charge in [0.15, 0.2) is 0 Å². The summed E-state index contributed by atoms with van der Waals surface area (Å²) in [6.45, 7) is 3.80. The van der Waals surface area contributed by atoms with Crippen LogP contribution in [0.3, 0.4) is 0 Å². The third kappa shape index (κ3) is 2.43. The standard InChI is InChI=1S/C16H21N3O/c1-2-19(14-5-6-14)16(20)11-18-8-7-13-4-3-12(10-17)9-15(13)18/h3-4,7-9,14H,2,5-6,10-11,17H2,1H3. The maximum Gasteiger partial charge on any atom is 0.242 e. The van der Waals surface area contributed by atoms with Crippen molar-refractivity contribution in [2.75, 3.05) is 6.54 Å². The molecule has 106 valence electrons. The van der Waals surface area contributed by atoms with Gasteiger partial charge in [-0.2, -0.15) is 0 Å². The molecule has 1 aromatic heterocycles. The Morgan fingerprint density at radius 2 is 2.20 bits per heavy atom. The van der Waals surface area contributed by atoms with Crippen LogP contribution in [0.1, 0.15) is 25.3 Å². The Balaban J connectivity index is 1.84. The topological polar surface area (TPSA) is 51.3 Å². The van der Waals surface area contributed by atoms with Gasteiger partial charge in [-0.3, -0.25) is 4.79 Å². The first-order chi connectivity index (χ1) is 9.72. The van der Waals surface area contributed by atoms with Crippen LogP contribution >= 0.6 is 0 Å². The summed E-state index contributed by atoms with van der Waals surface area (Å²) in [5, 5.41) is 1.16. The molecular weight excluding hydrogens is 250 g/mol. The van der Waals surface area contributed by atoms with E-state index in [1.807, 2.05) is 21.7 Å². The highest BCUT2D eigenvalue weighted by atomic mass is 16.2. The maximum absolute atomic E-state index is 12.4. The Hall–Kier alpha value is -1.81. The lowest BCUT2D eigenvalue weighted by Gasteiger charge is -2.21. The van der Waals surface area contributed by atoms with Crippen molar-refractivity contribution >= 4 is 16.8 Å². The van der Waals surface area contributed by atoms with Crippen molar-refractivity contribution in [1.82, 2.24) is 9.47 Å². The zero-order chi connectivity index (χ0) is 14.1. The minimum absolute atomic E-state index is 0.214. The summed E-state index contributed by atoms with van der Waals surface area (Å²) in [4.78, 5) is 14.4. The minimum atomic E-state index is 0.214. The second-order valence-corrected chi connectivity index (χ2v) is 5.45. The first kappa shape index (κ1) is 13.2. The van der Waals surface area contributed by atoms with E-state index in [2.05, 4.69) is 25.1 Å². The second-order valence-electron chi connectivity index (χ2n) is 5.45. The molecule has 4 heteroatoms. The second kappa shape index (κ2) is 5.29. The smallest absolute Gasteiger partial charge is 0.242 e. The fourth-order valence-electron chi connectivity index (χ4n) is 2.76. The van der Waals surface area contributed by atoms with Gasteiger partial charge in [0.25, 0.3) is 0 Å². The molecule has 1 fully saturated rings. The normalized spacial score (nSPS) is 14.7. The van der Waals surface area contributed by atoms with Gasteiger partial charge in [0.2, 0.25) is 5.91 Å². The Bertz CT molecular complexity index is 628. The van der Waals surface area contributed by atoms with E-state index in [9.17, 15) is 4.79 Å². The minimum Gasteiger partial charge on any atom is -0.338 e. The summed E-state index contributed by atoms with van der Waals surface area (Å²) >= 11 is 0. The zero-order valence-electron chi connectivity index (χ0n) is 11.9. The van der Waals surface area contributed by atoms with Gasteiger partial charge < -0.3 is 15.2 Å². The number of hydrogen-bond donors (Lipinski definition) is 1. The lowest BCUT2D eigenvalue weighted by atomic mass is 10.1. The third-order valence-electron chi connectivity index (χ3n) is 4.03. The average Bonchev–Trinajstić information content (AvgIpc) is 3.22. The van der Waals surface area contributed by atoms with Gasteiger partial charge in [0.05, 0.1) is 0 Å². The monoisotopic (exact) mass is 271 g/mol. The predicted octanol–water partition coefficient (Wildman–Crippen LogP) is 2.11. The first-order valence-electron chi connectivity index (χ1n) is 7.30. The van der Waals surface area contributed by atoms with Gasteiger partial charge in [0.1, 0.15) is 6.54 Å². The van der Waals surface area contributed by atoms with E-state index in [4.69, 9.17) is 5.73 Å². The number of aromatic nitrogens is 1. The van der Waals surface area contributed by atoms with Crippen LogP contribution in [0, 0.1) is 0 Å². The van der Waals surface area contributed by atoms with E-state index in [-0.39, 0.29) is 5.91 Å². The number of nitrogens with two attached hydrogens (primary N) is 1. The predicted molar refractivity (Wildman–Crippen MR) is 80.2 cm³/mol. The van der Waals surface area contributed by atoms with Crippen LogP contribution in [0.25, 0.3) is 10.9 Å². The molecule has 1 aliphatic rings. The molecule has 0 saturated heterocycles. The van der Waals surface area contributed by atoms with E-state index < -0.39 is 0 Å². The van der Waals surface area contributed by atoms with Gasteiger partial charge in [0, 0.05) is 30.8 Å². The Kier molecular flexibility index (Phi) is 3.49. The molecular formula is C16H21N3O. The van der Waals surface area contributed by atoms with E-state index in [1.165, 1.54) is 0 Å². The lowest BCUT2D eigenvalue weighted by molar-refractivity contribution is -0.132. The van der Waals surface area contributed by atoms with E-state index in [0.717, 1.165) is 35.9 Å². The molecule has 0 bridgehead atoms. The number of carbonyl (C=O) groups is 1. The highest BCUT2D eigenvalue weighted by molar-refractivity contribution is 5.84. The summed E-state index contributed by atoms with van der Waals surface area (Å²) in [5.74, 6) is 0.214. The fraction of sp³-hybridized carbons (Fsp3) is 0.438. The molecule has 3 rings (SSSR count). The van der Waals surface area contributed by atoms with Crippen molar-refractivity contribution in [2.45, 2.75) is 38.9 Å². The van der Waals surface area contributed by atoms with Crippen LogP contribution in [0.5, 0.6) is 0 Å². The number of hydrogen-bond acceptors (Lipinski definition) is 2. The number of rotatable bonds is 5. The molecule has 1 aliphatic carbocycles. The SMILES string of the molecule is CCN(C(=O)Cn1ccc2ccc(CN)cc21)C1CC1. The van der Waals surface area contributed by atoms with Gasteiger partial charge >= 0.3 is 0 Å². The van der Waals surface area contributed by atoms with Gasteiger partial charge in [-0.1, -0.05) is 12.1 Å². The quantitative estimate of drug-likeness (QED) is 0.905. The number of carbonyl (C=O) groups excluding carboxylic acids is 1. The first-order valence-corrected chi connectivity index (χ1v) is 7.30. The molecule has 1 saturated carbocycles. The van der Waals surface area contributed by atoms with E-state index in [0.29, 0.717) is 19.1 Å². The van der Waals surface area contributed by atoms with E-state index >= 15 is 0 Å².